The van der Waals surface area contributed by atoms with Gasteiger partial charge in [-0.3, -0.25) is 14.2 Å². The minimum Gasteiger partial charge on any atom is -0.480 e. The molecule has 0 aliphatic rings. The molecule has 148 valence electrons. The lowest BCUT2D eigenvalue weighted by Crippen LogP contribution is -2.32. The summed E-state index contributed by atoms with van der Waals surface area (Å²) in [6.07, 6.45) is -0.0329. The summed E-state index contributed by atoms with van der Waals surface area (Å²) in [5.74, 6) is 0.521. The number of aryl methyl sites for hydroxylation is 2. The third-order valence-electron chi connectivity index (χ3n) is 4.66. The van der Waals surface area contributed by atoms with Gasteiger partial charge in [-0.25, -0.2) is 0 Å². The average Bonchev–Trinajstić information content (AvgIpc) is 2.96. The van der Waals surface area contributed by atoms with Crippen molar-refractivity contribution >= 4 is 33.1 Å². The third-order valence-corrected chi connectivity index (χ3v) is 5.58. The van der Waals surface area contributed by atoms with E-state index in [9.17, 15) is 9.59 Å². The Hall–Kier alpha value is -2.60. The number of benzene rings is 2. The number of amides is 1. The van der Waals surface area contributed by atoms with Gasteiger partial charge in [0.1, 0.15) is 5.75 Å². The van der Waals surface area contributed by atoms with Gasteiger partial charge in [-0.15, -0.1) is 0 Å². The lowest BCUT2D eigenvalue weighted by molar-refractivity contribution is -0.122. The van der Waals surface area contributed by atoms with Gasteiger partial charge in [0, 0.05) is 11.7 Å². The highest BCUT2D eigenvalue weighted by molar-refractivity contribution is 7.16. The van der Waals surface area contributed by atoms with Gasteiger partial charge in [0.2, 0.25) is 0 Å². The number of nitrogens with zero attached hydrogens (tertiary/aromatic N) is 1. The summed E-state index contributed by atoms with van der Waals surface area (Å²) in [6, 6.07) is 11.6. The summed E-state index contributed by atoms with van der Waals surface area (Å²) in [5.41, 5.74) is 3.72. The molecule has 0 saturated heterocycles. The minimum absolute atomic E-state index is 0.0121. The van der Waals surface area contributed by atoms with Crippen molar-refractivity contribution in [3.05, 3.63) is 57.2 Å². The van der Waals surface area contributed by atoms with E-state index in [1.165, 1.54) is 11.3 Å². The largest absolute Gasteiger partial charge is 0.480 e. The summed E-state index contributed by atoms with van der Waals surface area (Å²) < 4.78 is 8.59. The van der Waals surface area contributed by atoms with E-state index in [1.807, 2.05) is 71.0 Å². The highest BCUT2D eigenvalue weighted by atomic mass is 32.1. The molecular formula is C22H26N2O3S. The van der Waals surface area contributed by atoms with Gasteiger partial charge in [0.05, 0.1) is 10.2 Å². The number of hydrogen-bond donors (Lipinski definition) is 1. The van der Waals surface area contributed by atoms with E-state index in [0.29, 0.717) is 12.1 Å². The van der Waals surface area contributed by atoms with E-state index in [2.05, 4.69) is 5.32 Å². The highest BCUT2D eigenvalue weighted by Crippen LogP contribution is 2.25. The SMILES string of the molecule is CC[C@H](Oc1ccc(C)cc1C)C(=O)Nc1ccc2c(c1)sc(=O)n2C(C)C. The monoisotopic (exact) mass is 398 g/mol. The minimum atomic E-state index is -0.587. The highest BCUT2D eigenvalue weighted by Gasteiger charge is 2.20. The van der Waals surface area contributed by atoms with Gasteiger partial charge < -0.3 is 10.1 Å². The molecule has 0 aliphatic heterocycles. The van der Waals surface area contributed by atoms with E-state index in [0.717, 1.165) is 27.1 Å². The predicted octanol–water partition coefficient (Wildman–Crippen LogP) is 5.06. The molecule has 0 bridgehead atoms. The number of aromatic nitrogens is 1. The Morgan fingerprint density at radius 2 is 1.93 bits per heavy atom. The molecule has 0 spiro atoms. The van der Waals surface area contributed by atoms with Crippen molar-refractivity contribution in [2.45, 2.75) is 53.2 Å². The molecule has 1 N–H and O–H groups in total. The van der Waals surface area contributed by atoms with Crippen LogP contribution in [0.15, 0.2) is 41.2 Å². The maximum atomic E-state index is 12.7. The van der Waals surface area contributed by atoms with E-state index in [4.69, 9.17) is 4.74 Å². The Balaban J connectivity index is 1.79. The zero-order valence-electron chi connectivity index (χ0n) is 16.9. The molecule has 6 heteroatoms. The van der Waals surface area contributed by atoms with E-state index >= 15 is 0 Å². The molecule has 1 atom stereocenters. The number of carbonyl (C=O) groups is 1. The number of carbonyl (C=O) groups excluding carboxylic acids is 1. The predicted molar refractivity (Wildman–Crippen MR) is 116 cm³/mol. The smallest absolute Gasteiger partial charge is 0.308 e. The quantitative estimate of drug-likeness (QED) is 0.631. The normalized spacial score (nSPS) is 12.4. The first kappa shape index (κ1) is 20.1. The fourth-order valence-electron chi connectivity index (χ4n) is 3.23. The van der Waals surface area contributed by atoms with Crippen LogP contribution in [-0.2, 0) is 4.79 Å². The zero-order valence-corrected chi connectivity index (χ0v) is 17.7. The first-order valence-corrected chi connectivity index (χ1v) is 10.3. The second-order valence-corrected chi connectivity index (χ2v) is 8.28. The standard InChI is InChI=1S/C22H26N2O3S/c1-6-18(27-19-10-7-14(4)11-15(19)5)21(25)23-16-8-9-17-20(12-16)28-22(26)24(17)13(2)3/h7-13,18H,6H2,1-5H3,(H,23,25)/t18-/m0/s1. The number of hydrogen-bond acceptors (Lipinski definition) is 4. The number of fused-ring (bicyclic) bond motifs is 1. The van der Waals surface area contributed by atoms with E-state index in [-0.39, 0.29) is 16.8 Å². The number of rotatable bonds is 6. The number of nitrogens with one attached hydrogen (secondary N) is 1. The molecular weight excluding hydrogens is 372 g/mol. The fourth-order valence-corrected chi connectivity index (χ4v) is 4.29. The Morgan fingerprint density at radius 3 is 2.57 bits per heavy atom. The van der Waals surface area contributed by atoms with Crippen LogP contribution in [0.3, 0.4) is 0 Å². The molecule has 1 aromatic heterocycles. The molecule has 2 aromatic carbocycles. The summed E-state index contributed by atoms with van der Waals surface area (Å²) in [7, 11) is 0. The van der Waals surface area contributed by atoms with Gasteiger partial charge in [-0.2, -0.15) is 0 Å². The van der Waals surface area contributed by atoms with Gasteiger partial charge in [-0.05, 0) is 63.9 Å². The first-order valence-electron chi connectivity index (χ1n) is 9.50. The van der Waals surface area contributed by atoms with Crippen molar-refractivity contribution < 1.29 is 9.53 Å². The maximum absolute atomic E-state index is 12.7. The summed E-state index contributed by atoms with van der Waals surface area (Å²) >= 11 is 1.19. The molecule has 1 amide bonds. The maximum Gasteiger partial charge on any atom is 0.308 e. The molecule has 3 aromatic rings. The molecule has 0 radical (unpaired) electrons. The van der Waals surface area contributed by atoms with Crippen LogP contribution in [0.1, 0.15) is 44.4 Å². The third kappa shape index (κ3) is 4.12. The van der Waals surface area contributed by atoms with Crippen molar-refractivity contribution in [2.24, 2.45) is 0 Å². The van der Waals surface area contributed by atoms with Crippen LogP contribution < -0.4 is 14.9 Å². The molecule has 0 aliphatic carbocycles. The Morgan fingerprint density at radius 1 is 1.18 bits per heavy atom. The topological polar surface area (TPSA) is 60.3 Å². The number of thiazole rings is 1. The van der Waals surface area contributed by atoms with Crippen LogP contribution in [0.25, 0.3) is 10.2 Å². The summed E-state index contributed by atoms with van der Waals surface area (Å²) in [5, 5.41) is 2.93. The molecule has 5 nitrogen and oxygen atoms in total. The van der Waals surface area contributed by atoms with Crippen LogP contribution in [0.5, 0.6) is 5.75 Å². The lowest BCUT2D eigenvalue weighted by Gasteiger charge is -2.19. The van der Waals surface area contributed by atoms with Crippen LogP contribution in [0.4, 0.5) is 5.69 Å². The van der Waals surface area contributed by atoms with E-state index < -0.39 is 6.10 Å². The van der Waals surface area contributed by atoms with Crippen LogP contribution in [-0.4, -0.2) is 16.6 Å². The molecule has 1 heterocycles. The molecule has 28 heavy (non-hydrogen) atoms. The summed E-state index contributed by atoms with van der Waals surface area (Å²) in [4.78, 5) is 25.0. The van der Waals surface area contributed by atoms with Gasteiger partial charge in [-0.1, -0.05) is 36.0 Å². The van der Waals surface area contributed by atoms with Crippen molar-refractivity contribution in [2.75, 3.05) is 5.32 Å². The van der Waals surface area contributed by atoms with Crippen LogP contribution >= 0.6 is 11.3 Å². The van der Waals surface area contributed by atoms with E-state index in [1.54, 1.807) is 4.57 Å². The molecule has 0 fully saturated rings. The fraction of sp³-hybridized carbons (Fsp3) is 0.364. The average molecular weight is 399 g/mol. The Bertz CT molecular complexity index is 1070. The second kappa shape index (κ2) is 8.19. The van der Waals surface area contributed by atoms with Crippen molar-refractivity contribution in [3.8, 4) is 5.75 Å². The van der Waals surface area contributed by atoms with Crippen molar-refractivity contribution in [3.63, 3.8) is 0 Å². The summed E-state index contributed by atoms with van der Waals surface area (Å²) in [6.45, 7) is 9.89. The Kier molecular flexibility index (Phi) is 5.89. The molecule has 0 saturated carbocycles. The molecule has 0 unspecified atom stereocenters. The first-order chi connectivity index (χ1) is 13.3. The zero-order chi connectivity index (χ0) is 20.4. The van der Waals surface area contributed by atoms with Crippen molar-refractivity contribution in [1.29, 1.82) is 0 Å². The Labute approximate surface area is 169 Å². The number of anilines is 1. The van der Waals surface area contributed by atoms with Crippen molar-refractivity contribution in [1.82, 2.24) is 4.57 Å². The van der Waals surface area contributed by atoms with Gasteiger partial charge >= 0.3 is 4.87 Å². The van der Waals surface area contributed by atoms with Gasteiger partial charge in [0.15, 0.2) is 6.10 Å². The van der Waals surface area contributed by atoms with Gasteiger partial charge in [0.25, 0.3) is 5.91 Å². The lowest BCUT2D eigenvalue weighted by atomic mass is 10.1. The van der Waals surface area contributed by atoms with Crippen LogP contribution in [0, 0.1) is 13.8 Å². The second-order valence-electron chi connectivity index (χ2n) is 7.29. The van der Waals surface area contributed by atoms with Crippen LogP contribution in [0.2, 0.25) is 0 Å². The number of ether oxygens (including phenoxy) is 1. The molecule has 3 rings (SSSR count).